The lowest BCUT2D eigenvalue weighted by molar-refractivity contribution is -0.141. The lowest BCUT2D eigenvalue weighted by Crippen LogP contribution is -2.14. The highest BCUT2D eigenvalue weighted by Gasteiger charge is 2.32. The normalized spacial score (nSPS) is 11.5. The number of pyridine rings is 2. The monoisotopic (exact) mass is 508 g/mol. The SMILES string of the molecule is O=C(Nc1ccc(OCc2cccc(C(F)(F)F)n2)cc1)c1cc(-c2ccc3n[nH]nc3n2)ccc1F. The van der Waals surface area contributed by atoms with Gasteiger partial charge >= 0.3 is 6.18 Å². The van der Waals surface area contributed by atoms with Gasteiger partial charge in [-0.2, -0.15) is 23.5 Å². The zero-order chi connectivity index (χ0) is 26.0. The molecule has 0 unspecified atom stereocenters. The number of carbonyl (C=O) groups excluding carboxylic acids is 1. The van der Waals surface area contributed by atoms with Crippen LogP contribution in [0.3, 0.4) is 0 Å². The smallest absolute Gasteiger partial charge is 0.433 e. The number of aromatic nitrogens is 5. The highest BCUT2D eigenvalue weighted by atomic mass is 19.4. The molecule has 5 aromatic rings. The van der Waals surface area contributed by atoms with Crippen molar-refractivity contribution < 1.29 is 27.1 Å². The van der Waals surface area contributed by atoms with Crippen molar-refractivity contribution in [2.45, 2.75) is 12.8 Å². The molecule has 0 aliphatic carbocycles. The molecule has 0 aliphatic rings. The summed E-state index contributed by atoms with van der Waals surface area (Å²) >= 11 is 0. The van der Waals surface area contributed by atoms with Gasteiger partial charge in [-0.25, -0.2) is 14.4 Å². The van der Waals surface area contributed by atoms with Gasteiger partial charge in [0.25, 0.3) is 5.91 Å². The fourth-order valence-corrected chi connectivity index (χ4v) is 3.46. The largest absolute Gasteiger partial charge is 0.487 e. The number of carbonyl (C=O) groups is 1. The van der Waals surface area contributed by atoms with E-state index in [1.165, 1.54) is 54.6 Å². The van der Waals surface area contributed by atoms with Gasteiger partial charge in [0.1, 0.15) is 29.4 Å². The molecular weight excluding hydrogens is 492 g/mol. The van der Waals surface area contributed by atoms with Crippen LogP contribution in [-0.2, 0) is 12.8 Å². The summed E-state index contributed by atoms with van der Waals surface area (Å²) in [6, 6.07) is 17.1. The number of nitrogens with zero attached hydrogens (tertiary/aromatic N) is 4. The topological polar surface area (TPSA) is 106 Å². The van der Waals surface area contributed by atoms with Gasteiger partial charge in [0.2, 0.25) is 5.65 Å². The van der Waals surface area contributed by atoms with Crippen LogP contribution in [-0.4, -0.2) is 31.3 Å². The van der Waals surface area contributed by atoms with Crippen LogP contribution in [0.1, 0.15) is 21.7 Å². The Labute approximate surface area is 206 Å². The summed E-state index contributed by atoms with van der Waals surface area (Å²) in [4.78, 5) is 20.7. The van der Waals surface area contributed by atoms with Crippen molar-refractivity contribution in [3.05, 3.63) is 95.6 Å². The maximum absolute atomic E-state index is 14.5. The number of anilines is 1. The van der Waals surface area contributed by atoms with Crippen molar-refractivity contribution in [2.75, 3.05) is 5.32 Å². The van der Waals surface area contributed by atoms with E-state index >= 15 is 0 Å². The molecule has 5 rings (SSSR count). The second-order valence-electron chi connectivity index (χ2n) is 7.84. The van der Waals surface area contributed by atoms with Crippen LogP contribution in [0.15, 0.2) is 72.8 Å². The average Bonchev–Trinajstić information content (AvgIpc) is 3.36. The van der Waals surface area contributed by atoms with Gasteiger partial charge in [0.05, 0.1) is 17.0 Å². The van der Waals surface area contributed by atoms with Gasteiger partial charge < -0.3 is 10.1 Å². The number of hydrogen-bond donors (Lipinski definition) is 2. The van der Waals surface area contributed by atoms with Crippen molar-refractivity contribution in [3.8, 4) is 17.0 Å². The molecule has 0 fully saturated rings. The third-order valence-electron chi connectivity index (χ3n) is 5.28. The standard InChI is InChI=1S/C25H16F4N6O2/c26-19-9-4-14(20-10-11-21-23(32-20)34-35-33-21)12-18(19)24(36)31-15-5-7-17(8-6-15)37-13-16-2-1-3-22(30-16)25(27,28)29/h1-12H,13H2,(H,31,36)(H,32,33,34,35). The van der Waals surface area contributed by atoms with Gasteiger partial charge in [-0.3, -0.25) is 4.79 Å². The number of amides is 1. The molecule has 1 amide bonds. The Morgan fingerprint density at radius 2 is 1.76 bits per heavy atom. The Morgan fingerprint density at radius 3 is 2.54 bits per heavy atom. The molecule has 0 atom stereocenters. The van der Waals surface area contributed by atoms with Crippen LogP contribution in [0.5, 0.6) is 5.75 Å². The number of ether oxygens (including phenoxy) is 1. The number of halogens is 4. The summed E-state index contributed by atoms with van der Waals surface area (Å²) in [5.74, 6) is -1.04. The second kappa shape index (κ2) is 9.64. The van der Waals surface area contributed by atoms with Crippen molar-refractivity contribution in [3.63, 3.8) is 0 Å². The number of rotatable bonds is 6. The number of nitrogens with one attached hydrogen (secondary N) is 2. The van der Waals surface area contributed by atoms with Crippen LogP contribution in [0.2, 0.25) is 0 Å². The summed E-state index contributed by atoms with van der Waals surface area (Å²) < 4.78 is 58.4. The van der Waals surface area contributed by atoms with Crippen molar-refractivity contribution in [1.82, 2.24) is 25.4 Å². The van der Waals surface area contributed by atoms with Gasteiger partial charge in [0.15, 0.2) is 0 Å². The molecule has 0 bridgehead atoms. The molecule has 37 heavy (non-hydrogen) atoms. The molecule has 0 saturated heterocycles. The van der Waals surface area contributed by atoms with E-state index in [-0.39, 0.29) is 17.9 Å². The number of benzene rings is 2. The zero-order valence-electron chi connectivity index (χ0n) is 18.8. The maximum atomic E-state index is 14.5. The van der Waals surface area contributed by atoms with Gasteiger partial charge in [-0.15, -0.1) is 5.10 Å². The fraction of sp³-hybridized carbons (Fsp3) is 0.0800. The summed E-state index contributed by atoms with van der Waals surface area (Å²) in [6.07, 6.45) is -4.55. The molecule has 0 aliphatic heterocycles. The van der Waals surface area contributed by atoms with Crippen LogP contribution in [0, 0.1) is 5.82 Å². The second-order valence-corrected chi connectivity index (χ2v) is 7.84. The Hall–Kier alpha value is -4.87. The first-order valence-corrected chi connectivity index (χ1v) is 10.8. The number of hydrogen-bond acceptors (Lipinski definition) is 6. The van der Waals surface area contributed by atoms with E-state index in [1.54, 1.807) is 12.1 Å². The maximum Gasteiger partial charge on any atom is 0.433 e. The van der Waals surface area contributed by atoms with E-state index in [4.69, 9.17) is 4.74 Å². The van der Waals surface area contributed by atoms with Crippen LogP contribution >= 0.6 is 0 Å². The van der Waals surface area contributed by atoms with E-state index in [2.05, 4.69) is 30.7 Å². The highest BCUT2D eigenvalue weighted by molar-refractivity contribution is 6.05. The third-order valence-corrected chi connectivity index (χ3v) is 5.28. The van der Waals surface area contributed by atoms with Crippen LogP contribution < -0.4 is 10.1 Å². The zero-order valence-corrected chi connectivity index (χ0v) is 18.8. The molecule has 3 heterocycles. The summed E-state index contributed by atoms with van der Waals surface area (Å²) in [7, 11) is 0. The molecule has 0 radical (unpaired) electrons. The molecule has 2 aromatic carbocycles. The van der Waals surface area contributed by atoms with E-state index in [9.17, 15) is 22.4 Å². The lowest BCUT2D eigenvalue weighted by Gasteiger charge is -2.11. The van der Waals surface area contributed by atoms with Gasteiger partial charge in [-0.1, -0.05) is 6.07 Å². The van der Waals surface area contributed by atoms with E-state index < -0.39 is 23.6 Å². The molecule has 0 saturated carbocycles. The Bertz CT molecular complexity index is 1580. The first kappa shape index (κ1) is 23.9. The summed E-state index contributed by atoms with van der Waals surface area (Å²) in [6.45, 7) is -0.179. The minimum Gasteiger partial charge on any atom is -0.487 e. The number of alkyl halides is 3. The number of aromatic amines is 1. The quantitative estimate of drug-likeness (QED) is 0.298. The first-order valence-electron chi connectivity index (χ1n) is 10.8. The molecule has 2 N–H and O–H groups in total. The van der Waals surface area contributed by atoms with Crippen LogP contribution in [0.4, 0.5) is 23.2 Å². The summed E-state index contributed by atoms with van der Waals surface area (Å²) in [5, 5.41) is 12.9. The molecule has 186 valence electrons. The van der Waals surface area contributed by atoms with Crippen molar-refractivity contribution in [1.29, 1.82) is 0 Å². The third kappa shape index (κ3) is 5.37. The predicted molar refractivity (Wildman–Crippen MR) is 125 cm³/mol. The van der Waals surface area contributed by atoms with Gasteiger partial charge in [0, 0.05) is 11.3 Å². The fourth-order valence-electron chi connectivity index (χ4n) is 3.46. The summed E-state index contributed by atoms with van der Waals surface area (Å²) in [5.41, 5.74) is 1.26. The van der Waals surface area contributed by atoms with E-state index in [1.807, 2.05) is 0 Å². The number of fused-ring (bicyclic) bond motifs is 1. The number of H-pyrrole nitrogens is 1. The average molecular weight is 508 g/mol. The van der Waals surface area contributed by atoms with E-state index in [0.29, 0.717) is 33.9 Å². The van der Waals surface area contributed by atoms with Crippen LogP contribution in [0.25, 0.3) is 22.4 Å². The molecule has 3 aromatic heterocycles. The molecule has 0 spiro atoms. The minimum absolute atomic E-state index is 0.111. The Morgan fingerprint density at radius 1 is 0.946 bits per heavy atom. The molecule has 8 nitrogen and oxygen atoms in total. The lowest BCUT2D eigenvalue weighted by atomic mass is 10.1. The minimum atomic E-state index is -4.55. The Kier molecular flexibility index (Phi) is 6.22. The van der Waals surface area contributed by atoms with E-state index in [0.717, 1.165) is 6.07 Å². The molecule has 12 heteroatoms. The van der Waals surface area contributed by atoms with Crippen molar-refractivity contribution in [2.24, 2.45) is 0 Å². The first-order chi connectivity index (χ1) is 17.8. The Balaban J connectivity index is 1.26. The van der Waals surface area contributed by atoms with Crippen molar-refractivity contribution >= 4 is 22.8 Å². The predicted octanol–water partition coefficient (Wildman–Crippen LogP) is 5.40. The molecular formula is C25H16F4N6O2. The highest BCUT2D eigenvalue weighted by Crippen LogP contribution is 2.28. The van der Waals surface area contributed by atoms with Gasteiger partial charge in [-0.05, 0) is 66.7 Å².